The van der Waals surface area contributed by atoms with Crippen LogP contribution in [0.15, 0.2) is 158 Å². The second-order valence-electron chi connectivity index (χ2n) is 15.8. The molecule has 254 valence electrons. The Morgan fingerprint density at radius 2 is 1.06 bits per heavy atom. The lowest BCUT2D eigenvalue weighted by Gasteiger charge is -2.40. The Balaban J connectivity index is 1.12. The monoisotopic (exact) mass is 674 g/mol. The molecule has 1 heteroatoms. The van der Waals surface area contributed by atoms with Gasteiger partial charge in [0.1, 0.15) is 5.82 Å². The summed E-state index contributed by atoms with van der Waals surface area (Å²) in [6.45, 7) is 9.53. The number of hydrogen-bond donors (Lipinski definition) is 0. The fourth-order valence-electron chi connectivity index (χ4n) is 9.39. The molecule has 0 amide bonds. The van der Waals surface area contributed by atoms with Crippen molar-refractivity contribution in [2.24, 2.45) is 0 Å². The number of halogens is 1. The lowest BCUT2D eigenvalue weighted by Crippen LogP contribution is -2.29. The van der Waals surface area contributed by atoms with Crippen LogP contribution in [0.1, 0.15) is 79.0 Å². The molecule has 2 aliphatic rings. The summed E-state index contributed by atoms with van der Waals surface area (Å²) >= 11 is 0. The molecule has 0 saturated carbocycles. The van der Waals surface area contributed by atoms with E-state index < -0.39 is 0 Å². The van der Waals surface area contributed by atoms with Gasteiger partial charge in [-0.25, -0.2) is 4.39 Å². The standard InChI is InChI=1S/C51H43F/c1-50(2)45-18-12-11-17-42(45)41(43-28-23-37(32-47(43)50)34-13-7-5-8-14-34)26-19-33-20-27-44-46(31-33)51(3,4)49-40(35-15-9-6-10-16-35)30-29-39(48(44)49)36-21-24-38(52)25-22-36/h5-18,20-25,27-32,41H,19,26H2,1-4H3. The Morgan fingerprint density at radius 3 is 1.81 bits per heavy atom. The van der Waals surface area contributed by atoms with Crippen molar-refractivity contribution in [3.8, 4) is 44.5 Å². The van der Waals surface area contributed by atoms with E-state index >= 15 is 0 Å². The summed E-state index contributed by atoms with van der Waals surface area (Å²) in [6.07, 6.45) is 2.02. The third-order valence-corrected chi connectivity index (χ3v) is 12.0. The first-order chi connectivity index (χ1) is 25.2. The van der Waals surface area contributed by atoms with Gasteiger partial charge < -0.3 is 0 Å². The molecule has 0 aliphatic heterocycles. The minimum Gasteiger partial charge on any atom is -0.207 e. The first-order valence-electron chi connectivity index (χ1n) is 18.6. The number of fused-ring (bicyclic) bond motifs is 5. The van der Waals surface area contributed by atoms with Gasteiger partial charge in [-0.2, -0.15) is 0 Å². The van der Waals surface area contributed by atoms with Gasteiger partial charge in [0, 0.05) is 16.7 Å². The number of benzene rings is 7. The van der Waals surface area contributed by atoms with Crippen molar-refractivity contribution in [1.29, 1.82) is 0 Å². The molecule has 0 nitrogen and oxygen atoms in total. The van der Waals surface area contributed by atoms with E-state index in [0.29, 0.717) is 5.92 Å². The SMILES string of the molecule is CC1(C)c2ccccc2C(CCc2ccc3c(c2)C(C)(C)c2c(-c4ccccc4)ccc(-c4ccc(F)cc4)c2-3)c2ccc(-c3ccccc3)cc21. The van der Waals surface area contributed by atoms with Crippen LogP contribution in [-0.4, -0.2) is 0 Å². The van der Waals surface area contributed by atoms with Gasteiger partial charge in [-0.3, -0.25) is 0 Å². The first-order valence-corrected chi connectivity index (χ1v) is 18.6. The Hall–Kier alpha value is -5.53. The number of aryl methyl sites for hydroxylation is 1. The first kappa shape index (κ1) is 32.4. The van der Waals surface area contributed by atoms with Gasteiger partial charge in [0.25, 0.3) is 0 Å². The van der Waals surface area contributed by atoms with Crippen LogP contribution in [-0.2, 0) is 17.3 Å². The molecule has 0 saturated heterocycles. The van der Waals surface area contributed by atoms with Gasteiger partial charge in [-0.15, -0.1) is 0 Å². The van der Waals surface area contributed by atoms with Crippen LogP contribution in [0.4, 0.5) is 4.39 Å². The molecule has 7 aromatic carbocycles. The molecule has 0 spiro atoms. The Morgan fingerprint density at radius 1 is 0.462 bits per heavy atom. The third-order valence-electron chi connectivity index (χ3n) is 12.0. The van der Waals surface area contributed by atoms with Crippen LogP contribution in [0.2, 0.25) is 0 Å². The van der Waals surface area contributed by atoms with Gasteiger partial charge in [0.2, 0.25) is 0 Å². The van der Waals surface area contributed by atoms with Crippen LogP contribution < -0.4 is 0 Å². The van der Waals surface area contributed by atoms with E-state index in [1.54, 1.807) is 12.1 Å². The molecular formula is C51H43F. The third kappa shape index (κ3) is 5.17. The molecular weight excluding hydrogens is 632 g/mol. The van der Waals surface area contributed by atoms with E-state index in [9.17, 15) is 4.39 Å². The molecule has 0 radical (unpaired) electrons. The van der Waals surface area contributed by atoms with Gasteiger partial charge in [0.05, 0.1) is 0 Å². The molecule has 0 heterocycles. The molecule has 2 aliphatic carbocycles. The summed E-state index contributed by atoms with van der Waals surface area (Å²) in [6, 6.07) is 56.5. The molecule has 52 heavy (non-hydrogen) atoms. The topological polar surface area (TPSA) is 0 Å². The molecule has 1 atom stereocenters. The minimum absolute atomic E-state index is 0.0880. The maximum absolute atomic E-state index is 14.1. The molecule has 0 bridgehead atoms. The highest BCUT2D eigenvalue weighted by Crippen LogP contribution is 2.56. The number of hydrogen-bond acceptors (Lipinski definition) is 0. The van der Waals surface area contributed by atoms with Crippen LogP contribution in [0.3, 0.4) is 0 Å². The van der Waals surface area contributed by atoms with Crippen molar-refractivity contribution in [2.45, 2.75) is 57.3 Å². The number of rotatable bonds is 6. The van der Waals surface area contributed by atoms with Crippen LogP contribution >= 0.6 is 0 Å². The van der Waals surface area contributed by atoms with Crippen molar-refractivity contribution in [1.82, 2.24) is 0 Å². The predicted octanol–water partition coefficient (Wildman–Crippen LogP) is 13.5. The molecule has 9 rings (SSSR count). The van der Waals surface area contributed by atoms with E-state index in [2.05, 4.69) is 161 Å². The van der Waals surface area contributed by atoms with Gasteiger partial charge >= 0.3 is 0 Å². The van der Waals surface area contributed by atoms with E-state index in [1.807, 2.05) is 12.1 Å². The lowest BCUT2D eigenvalue weighted by molar-refractivity contribution is 0.565. The molecule has 0 fully saturated rings. The molecule has 0 aromatic heterocycles. The Labute approximate surface area is 307 Å². The average molecular weight is 675 g/mol. The van der Waals surface area contributed by atoms with Gasteiger partial charge in [0.15, 0.2) is 0 Å². The summed E-state index contributed by atoms with van der Waals surface area (Å²) in [5, 5.41) is 0. The van der Waals surface area contributed by atoms with Crippen LogP contribution in [0, 0.1) is 5.82 Å². The fraction of sp³-hybridized carbons (Fsp3) is 0.176. The lowest BCUT2D eigenvalue weighted by atomic mass is 9.64. The van der Waals surface area contributed by atoms with E-state index in [1.165, 1.54) is 72.3 Å². The maximum atomic E-state index is 14.1. The quantitative estimate of drug-likeness (QED) is 0.165. The Kier molecular flexibility index (Phi) is 7.67. The minimum atomic E-state index is -0.218. The highest BCUT2D eigenvalue weighted by Gasteiger charge is 2.40. The summed E-state index contributed by atoms with van der Waals surface area (Å²) in [5.74, 6) is 0.104. The van der Waals surface area contributed by atoms with Crippen molar-refractivity contribution in [2.75, 3.05) is 0 Å². The summed E-state index contributed by atoms with van der Waals surface area (Å²) in [7, 11) is 0. The van der Waals surface area contributed by atoms with Crippen LogP contribution in [0.5, 0.6) is 0 Å². The summed E-state index contributed by atoms with van der Waals surface area (Å²) in [4.78, 5) is 0. The predicted molar refractivity (Wildman–Crippen MR) is 215 cm³/mol. The van der Waals surface area contributed by atoms with Gasteiger partial charge in [-0.1, -0.05) is 167 Å². The molecule has 1 unspecified atom stereocenters. The van der Waals surface area contributed by atoms with E-state index in [4.69, 9.17) is 0 Å². The smallest absolute Gasteiger partial charge is 0.123 e. The Bertz CT molecular complexity index is 2450. The largest absolute Gasteiger partial charge is 0.207 e. The van der Waals surface area contributed by atoms with E-state index in [-0.39, 0.29) is 16.6 Å². The average Bonchev–Trinajstić information content (AvgIpc) is 3.41. The maximum Gasteiger partial charge on any atom is 0.123 e. The van der Waals surface area contributed by atoms with Crippen molar-refractivity contribution in [3.63, 3.8) is 0 Å². The van der Waals surface area contributed by atoms with Crippen molar-refractivity contribution >= 4 is 0 Å². The van der Waals surface area contributed by atoms with Crippen molar-refractivity contribution < 1.29 is 4.39 Å². The molecule has 0 N–H and O–H groups in total. The normalized spacial score (nSPS) is 16.1. The zero-order valence-electron chi connectivity index (χ0n) is 30.4. The van der Waals surface area contributed by atoms with Gasteiger partial charge in [-0.05, 0) is 114 Å². The second-order valence-corrected chi connectivity index (χ2v) is 15.8. The second kappa shape index (κ2) is 12.3. The summed E-state index contributed by atoms with van der Waals surface area (Å²) in [5.41, 5.74) is 19.3. The van der Waals surface area contributed by atoms with E-state index in [0.717, 1.165) is 24.0 Å². The highest BCUT2D eigenvalue weighted by atomic mass is 19.1. The molecule has 7 aromatic rings. The summed E-state index contributed by atoms with van der Waals surface area (Å²) < 4.78 is 14.1. The fourth-order valence-corrected chi connectivity index (χ4v) is 9.39. The zero-order chi connectivity index (χ0) is 35.6. The van der Waals surface area contributed by atoms with Crippen LogP contribution in [0.25, 0.3) is 44.5 Å². The van der Waals surface area contributed by atoms with Crippen molar-refractivity contribution in [3.05, 3.63) is 202 Å². The zero-order valence-corrected chi connectivity index (χ0v) is 30.4. The highest BCUT2D eigenvalue weighted by molar-refractivity contribution is 5.97.